The van der Waals surface area contributed by atoms with E-state index in [1.165, 1.54) is 0 Å². The van der Waals surface area contributed by atoms with E-state index in [4.69, 9.17) is 24.1 Å². The number of hydrogen-bond donors (Lipinski definition) is 5. The summed E-state index contributed by atoms with van der Waals surface area (Å²) in [6.07, 6.45) is -8.80. The number of carbonyl (C=O) groups excluding carboxylic acids is 1. The number of aliphatic hydroxyl groups excluding tert-OH is 5. The Bertz CT molecular complexity index is 377. The van der Waals surface area contributed by atoms with E-state index in [0.29, 0.717) is 0 Å². The SMILES string of the molecule is CCC(=O)OC1OC(CO)C(OC(CO)OC(C)CO)C(O)C1O. The molecule has 0 aromatic rings. The van der Waals surface area contributed by atoms with Crippen molar-refractivity contribution >= 4 is 5.97 Å². The van der Waals surface area contributed by atoms with Crippen LogP contribution in [-0.2, 0) is 23.7 Å². The molecule has 0 bridgehead atoms. The Morgan fingerprint density at radius 3 is 2.33 bits per heavy atom. The largest absolute Gasteiger partial charge is 0.433 e. The lowest BCUT2D eigenvalue weighted by molar-refractivity contribution is -0.326. The van der Waals surface area contributed by atoms with Crippen molar-refractivity contribution in [2.24, 2.45) is 0 Å². The van der Waals surface area contributed by atoms with E-state index < -0.39 is 62.3 Å². The zero-order valence-corrected chi connectivity index (χ0v) is 13.6. The maximum Gasteiger partial charge on any atom is 0.307 e. The fourth-order valence-corrected chi connectivity index (χ4v) is 2.13. The lowest BCUT2D eigenvalue weighted by Gasteiger charge is -2.42. The number of carbonyl (C=O) groups is 1. The first kappa shape index (κ1) is 21.2. The van der Waals surface area contributed by atoms with Gasteiger partial charge in [-0.3, -0.25) is 4.79 Å². The van der Waals surface area contributed by atoms with Crippen LogP contribution in [0.15, 0.2) is 0 Å². The van der Waals surface area contributed by atoms with Crippen LogP contribution in [0.25, 0.3) is 0 Å². The highest BCUT2D eigenvalue weighted by atomic mass is 16.7. The smallest absolute Gasteiger partial charge is 0.307 e. The van der Waals surface area contributed by atoms with Gasteiger partial charge in [0.1, 0.15) is 24.4 Å². The Balaban J connectivity index is 2.78. The molecule has 5 N–H and O–H groups in total. The Hall–Kier alpha value is -0.850. The molecule has 1 aliphatic heterocycles. The van der Waals surface area contributed by atoms with Crippen LogP contribution in [-0.4, -0.2) is 94.4 Å². The van der Waals surface area contributed by atoms with Crippen molar-refractivity contribution in [2.45, 2.75) is 63.4 Å². The van der Waals surface area contributed by atoms with Gasteiger partial charge in [0.05, 0.1) is 25.9 Å². The third kappa shape index (κ3) is 5.60. The molecule has 0 aromatic carbocycles. The summed E-state index contributed by atoms with van der Waals surface area (Å²) in [5.41, 5.74) is 0. The molecule has 0 aromatic heterocycles. The maximum absolute atomic E-state index is 11.3. The zero-order valence-electron chi connectivity index (χ0n) is 13.6. The zero-order chi connectivity index (χ0) is 18.3. The molecule has 10 heteroatoms. The van der Waals surface area contributed by atoms with Gasteiger partial charge < -0.3 is 44.5 Å². The van der Waals surface area contributed by atoms with E-state index >= 15 is 0 Å². The molecule has 7 atom stereocenters. The normalized spacial score (nSPS) is 33.0. The van der Waals surface area contributed by atoms with Gasteiger partial charge in [-0.1, -0.05) is 6.92 Å². The highest BCUT2D eigenvalue weighted by Gasteiger charge is 2.47. The molecule has 0 spiro atoms. The monoisotopic (exact) mass is 354 g/mol. The van der Waals surface area contributed by atoms with Crippen LogP contribution >= 0.6 is 0 Å². The molecule has 1 fully saturated rings. The van der Waals surface area contributed by atoms with Crippen molar-refractivity contribution in [3.63, 3.8) is 0 Å². The van der Waals surface area contributed by atoms with Gasteiger partial charge in [0.15, 0.2) is 6.29 Å². The van der Waals surface area contributed by atoms with Crippen LogP contribution in [0.5, 0.6) is 0 Å². The van der Waals surface area contributed by atoms with Gasteiger partial charge in [0.25, 0.3) is 0 Å². The second-order valence-corrected chi connectivity index (χ2v) is 5.39. The number of rotatable bonds is 9. The molecular weight excluding hydrogens is 328 g/mol. The van der Waals surface area contributed by atoms with Gasteiger partial charge in [-0.15, -0.1) is 0 Å². The molecule has 1 aliphatic rings. The predicted octanol–water partition coefficient (Wildman–Crippen LogP) is -2.52. The summed E-state index contributed by atoms with van der Waals surface area (Å²) in [6.45, 7) is 1.59. The quantitative estimate of drug-likeness (QED) is 0.221. The summed E-state index contributed by atoms with van der Waals surface area (Å²) in [5.74, 6) is -0.643. The molecular formula is C14H26O10. The molecule has 24 heavy (non-hydrogen) atoms. The lowest BCUT2D eigenvalue weighted by atomic mass is 9.99. The highest BCUT2D eigenvalue weighted by Crippen LogP contribution is 2.26. The number of esters is 1. The summed E-state index contributed by atoms with van der Waals surface area (Å²) in [4.78, 5) is 11.3. The van der Waals surface area contributed by atoms with Crippen molar-refractivity contribution in [1.29, 1.82) is 0 Å². The fraction of sp³-hybridized carbons (Fsp3) is 0.929. The number of hydrogen-bond acceptors (Lipinski definition) is 10. The minimum atomic E-state index is -1.61. The molecule has 1 rings (SSSR count). The molecule has 10 nitrogen and oxygen atoms in total. The van der Waals surface area contributed by atoms with E-state index in [1.54, 1.807) is 13.8 Å². The average molecular weight is 354 g/mol. The summed E-state index contributed by atoms with van der Waals surface area (Å²) in [5, 5.41) is 47.8. The maximum atomic E-state index is 11.3. The second-order valence-electron chi connectivity index (χ2n) is 5.39. The highest BCUT2D eigenvalue weighted by molar-refractivity contribution is 5.69. The Kier molecular flexibility index (Phi) is 9.02. The first-order valence-corrected chi connectivity index (χ1v) is 7.72. The molecule has 0 aliphatic carbocycles. The minimum Gasteiger partial charge on any atom is -0.433 e. The van der Waals surface area contributed by atoms with E-state index in [9.17, 15) is 25.2 Å². The third-order valence-electron chi connectivity index (χ3n) is 3.46. The summed E-state index contributed by atoms with van der Waals surface area (Å²) in [7, 11) is 0. The van der Waals surface area contributed by atoms with Crippen LogP contribution < -0.4 is 0 Å². The number of aliphatic hydroxyl groups is 5. The van der Waals surface area contributed by atoms with Crippen molar-refractivity contribution < 1.29 is 49.3 Å². The molecule has 0 amide bonds. The van der Waals surface area contributed by atoms with Crippen molar-refractivity contribution in [1.82, 2.24) is 0 Å². The van der Waals surface area contributed by atoms with E-state index in [-0.39, 0.29) is 13.0 Å². The summed E-state index contributed by atoms with van der Waals surface area (Å²) >= 11 is 0. The first-order chi connectivity index (χ1) is 11.4. The topological polar surface area (TPSA) is 155 Å². The molecule has 0 radical (unpaired) electrons. The van der Waals surface area contributed by atoms with Crippen LogP contribution in [0.3, 0.4) is 0 Å². The van der Waals surface area contributed by atoms with Gasteiger partial charge in [0, 0.05) is 6.42 Å². The van der Waals surface area contributed by atoms with E-state index in [0.717, 1.165) is 0 Å². The Morgan fingerprint density at radius 1 is 1.17 bits per heavy atom. The van der Waals surface area contributed by atoms with Crippen LogP contribution in [0.4, 0.5) is 0 Å². The fourth-order valence-electron chi connectivity index (χ4n) is 2.13. The van der Waals surface area contributed by atoms with Crippen molar-refractivity contribution in [2.75, 3.05) is 19.8 Å². The Morgan fingerprint density at radius 2 is 1.83 bits per heavy atom. The second kappa shape index (κ2) is 10.2. The molecule has 1 heterocycles. The van der Waals surface area contributed by atoms with Gasteiger partial charge in [-0.2, -0.15) is 0 Å². The van der Waals surface area contributed by atoms with Gasteiger partial charge in [-0.25, -0.2) is 0 Å². The lowest BCUT2D eigenvalue weighted by Crippen LogP contribution is -2.61. The van der Waals surface area contributed by atoms with Gasteiger partial charge >= 0.3 is 5.97 Å². The molecule has 142 valence electrons. The number of ether oxygens (including phenoxy) is 4. The van der Waals surface area contributed by atoms with Gasteiger partial charge in [-0.05, 0) is 6.92 Å². The molecule has 1 saturated heterocycles. The van der Waals surface area contributed by atoms with E-state index in [2.05, 4.69) is 0 Å². The van der Waals surface area contributed by atoms with Crippen molar-refractivity contribution in [3.05, 3.63) is 0 Å². The van der Waals surface area contributed by atoms with Crippen molar-refractivity contribution in [3.8, 4) is 0 Å². The van der Waals surface area contributed by atoms with Crippen LogP contribution in [0.2, 0.25) is 0 Å². The standard InChI is InChI=1S/C14H26O10/c1-3-9(18)23-14-12(20)11(19)13(8(5-16)22-14)24-10(6-17)21-7(2)4-15/h7-8,10-17,19-20H,3-6H2,1-2H3. The minimum absolute atomic E-state index is 0.0475. The average Bonchev–Trinajstić information content (AvgIpc) is 2.59. The van der Waals surface area contributed by atoms with Gasteiger partial charge in [0.2, 0.25) is 6.29 Å². The molecule has 7 unspecified atom stereocenters. The first-order valence-electron chi connectivity index (χ1n) is 7.72. The summed E-state index contributed by atoms with van der Waals surface area (Å²) in [6, 6.07) is 0. The Labute approximate surface area is 139 Å². The molecule has 0 saturated carbocycles. The predicted molar refractivity (Wildman–Crippen MR) is 77.5 cm³/mol. The summed E-state index contributed by atoms with van der Waals surface area (Å²) < 4.78 is 20.7. The van der Waals surface area contributed by atoms with Crippen LogP contribution in [0, 0.1) is 0 Å². The van der Waals surface area contributed by atoms with Crippen LogP contribution in [0.1, 0.15) is 20.3 Å². The van der Waals surface area contributed by atoms with E-state index in [1.807, 2.05) is 0 Å². The third-order valence-corrected chi connectivity index (χ3v) is 3.46.